The molecule has 0 fully saturated rings. The van der Waals surface area contributed by atoms with Crippen molar-refractivity contribution in [1.82, 2.24) is 4.90 Å². The van der Waals surface area contributed by atoms with Gasteiger partial charge in [0, 0.05) is 20.1 Å². The maximum absolute atomic E-state index is 12.8. The molecule has 0 atom stereocenters. The van der Waals surface area contributed by atoms with Gasteiger partial charge in [-0.05, 0) is 57.2 Å². The van der Waals surface area contributed by atoms with Crippen LogP contribution in [0.25, 0.3) is 0 Å². The van der Waals surface area contributed by atoms with Crippen molar-refractivity contribution in [1.29, 1.82) is 0 Å². The third-order valence-corrected chi connectivity index (χ3v) is 6.39. The first-order valence-electron chi connectivity index (χ1n) is 9.31. The Morgan fingerprint density at radius 3 is 2.00 bits per heavy atom. The monoisotopic (exact) mass is 418 g/mol. The Labute approximate surface area is 171 Å². The number of ether oxygens (including phenoxy) is 1. The maximum atomic E-state index is 12.8. The molecule has 0 unspecified atom stereocenters. The molecular formula is C21H26N2O5S. The third kappa shape index (κ3) is 5.35. The molecule has 0 radical (unpaired) electrons. The van der Waals surface area contributed by atoms with Crippen LogP contribution in [-0.2, 0) is 19.6 Å². The van der Waals surface area contributed by atoms with E-state index >= 15 is 0 Å². The van der Waals surface area contributed by atoms with Crippen molar-refractivity contribution in [3.63, 3.8) is 0 Å². The molecule has 156 valence electrons. The zero-order chi connectivity index (χ0) is 21.6. The number of aryl methyl sites for hydroxylation is 1. The highest BCUT2D eigenvalue weighted by Crippen LogP contribution is 2.23. The van der Waals surface area contributed by atoms with E-state index in [2.05, 4.69) is 0 Å². The summed E-state index contributed by atoms with van der Waals surface area (Å²) in [5, 5.41) is 0. The van der Waals surface area contributed by atoms with Crippen molar-refractivity contribution >= 4 is 27.6 Å². The average Bonchev–Trinajstić information content (AvgIpc) is 2.72. The summed E-state index contributed by atoms with van der Waals surface area (Å²) in [5.41, 5.74) is 1.61. The van der Waals surface area contributed by atoms with Crippen LogP contribution in [-0.4, -0.2) is 51.9 Å². The van der Waals surface area contributed by atoms with Crippen LogP contribution in [0.3, 0.4) is 0 Å². The van der Waals surface area contributed by atoms with Gasteiger partial charge in [-0.2, -0.15) is 0 Å². The van der Waals surface area contributed by atoms with Crippen LogP contribution >= 0.6 is 0 Å². The number of nitrogens with zero attached hydrogens (tertiary/aromatic N) is 2. The second-order valence-electron chi connectivity index (χ2n) is 6.47. The zero-order valence-corrected chi connectivity index (χ0v) is 17.9. The number of sulfonamides is 1. The Kier molecular flexibility index (Phi) is 7.39. The van der Waals surface area contributed by atoms with E-state index in [-0.39, 0.29) is 23.0 Å². The number of anilines is 1. The number of benzene rings is 2. The van der Waals surface area contributed by atoms with Gasteiger partial charge in [-0.1, -0.05) is 17.7 Å². The Balaban J connectivity index is 2.08. The summed E-state index contributed by atoms with van der Waals surface area (Å²) < 4.78 is 31.7. The minimum absolute atomic E-state index is 0.184. The van der Waals surface area contributed by atoms with Crippen molar-refractivity contribution in [2.45, 2.75) is 25.7 Å². The fourth-order valence-electron chi connectivity index (χ4n) is 2.69. The SMILES string of the molecule is CCN(CC)C(=O)COC(=O)c1ccc(N(C)S(=O)(=O)c2ccc(C)cc2)cc1. The zero-order valence-electron chi connectivity index (χ0n) is 17.1. The van der Waals surface area contributed by atoms with Gasteiger partial charge in [0.05, 0.1) is 16.1 Å². The van der Waals surface area contributed by atoms with Gasteiger partial charge < -0.3 is 9.64 Å². The van der Waals surface area contributed by atoms with Gasteiger partial charge in [-0.25, -0.2) is 13.2 Å². The van der Waals surface area contributed by atoms with Gasteiger partial charge in [-0.15, -0.1) is 0 Å². The lowest BCUT2D eigenvalue weighted by molar-refractivity contribution is -0.134. The van der Waals surface area contributed by atoms with E-state index in [1.54, 1.807) is 29.2 Å². The molecule has 0 spiro atoms. The normalized spacial score (nSPS) is 11.0. The quantitative estimate of drug-likeness (QED) is 0.616. The van der Waals surface area contributed by atoms with Crippen molar-refractivity contribution in [3.05, 3.63) is 59.7 Å². The molecule has 0 N–H and O–H groups in total. The topological polar surface area (TPSA) is 84.0 Å². The summed E-state index contributed by atoms with van der Waals surface area (Å²) in [5.74, 6) is -0.898. The fraction of sp³-hybridized carbons (Fsp3) is 0.333. The average molecular weight is 419 g/mol. The first-order valence-corrected chi connectivity index (χ1v) is 10.7. The van der Waals surface area contributed by atoms with E-state index in [1.165, 1.54) is 31.3 Å². The number of likely N-dealkylation sites (N-methyl/N-ethyl adjacent to an activating group) is 1. The van der Waals surface area contributed by atoms with E-state index in [4.69, 9.17) is 4.74 Å². The molecule has 0 heterocycles. The lowest BCUT2D eigenvalue weighted by atomic mass is 10.2. The van der Waals surface area contributed by atoms with E-state index in [0.29, 0.717) is 18.8 Å². The minimum atomic E-state index is -3.71. The van der Waals surface area contributed by atoms with Gasteiger partial charge in [0.2, 0.25) is 0 Å². The van der Waals surface area contributed by atoms with Crippen LogP contribution < -0.4 is 4.31 Å². The molecule has 8 heteroatoms. The summed E-state index contributed by atoms with van der Waals surface area (Å²) in [4.78, 5) is 25.8. The van der Waals surface area contributed by atoms with Crippen molar-refractivity contribution < 1.29 is 22.7 Å². The van der Waals surface area contributed by atoms with Gasteiger partial charge in [-0.3, -0.25) is 9.10 Å². The highest BCUT2D eigenvalue weighted by molar-refractivity contribution is 7.92. The summed E-state index contributed by atoms with van der Waals surface area (Å²) in [6.07, 6.45) is 0. The predicted octanol–water partition coefficient (Wildman–Crippen LogP) is 2.85. The molecule has 0 aliphatic rings. The smallest absolute Gasteiger partial charge is 0.338 e. The van der Waals surface area contributed by atoms with E-state index in [0.717, 1.165) is 9.87 Å². The maximum Gasteiger partial charge on any atom is 0.338 e. The van der Waals surface area contributed by atoms with Crippen LogP contribution in [0.5, 0.6) is 0 Å². The van der Waals surface area contributed by atoms with E-state index < -0.39 is 16.0 Å². The Morgan fingerprint density at radius 2 is 1.48 bits per heavy atom. The number of esters is 1. The number of amides is 1. The summed E-state index contributed by atoms with van der Waals surface area (Å²) in [6.45, 7) is 6.34. The summed E-state index contributed by atoms with van der Waals surface area (Å²) in [7, 11) is -2.26. The molecule has 0 saturated carbocycles. The van der Waals surface area contributed by atoms with Crippen LogP contribution in [0.2, 0.25) is 0 Å². The number of hydrogen-bond donors (Lipinski definition) is 0. The molecule has 7 nitrogen and oxygen atoms in total. The molecule has 2 rings (SSSR count). The minimum Gasteiger partial charge on any atom is -0.452 e. The van der Waals surface area contributed by atoms with Crippen molar-refractivity contribution in [2.24, 2.45) is 0 Å². The number of rotatable bonds is 8. The Morgan fingerprint density at radius 1 is 0.931 bits per heavy atom. The lowest BCUT2D eigenvalue weighted by Crippen LogP contribution is -2.34. The molecule has 0 aliphatic carbocycles. The highest BCUT2D eigenvalue weighted by Gasteiger charge is 2.21. The standard InChI is InChI=1S/C21H26N2O5S/c1-5-23(6-2)20(24)15-28-21(25)17-9-11-18(12-10-17)22(4)29(26,27)19-13-7-16(3)8-14-19/h7-14H,5-6,15H2,1-4H3. The molecule has 2 aromatic carbocycles. The fourth-order valence-corrected chi connectivity index (χ4v) is 3.89. The molecule has 0 aliphatic heterocycles. The molecule has 29 heavy (non-hydrogen) atoms. The molecule has 1 amide bonds. The van der Waals surface area contributed by atoms with Crippen LogP contribution in [0, 0.1) is 6.92 Å². The van der Waals surface area contributed by atoms with Crippen LogP contribution in [0.15, 0.2) is 53.4 Å². The number of carbonyl (C=O) groups excluding carboxylic acids is 2. The molecular weight excluding hydrogens is 392 g/mol. The second kappa shape index (κ2) is 9.56. The highest BCUT2D eigenvalue weighted by atomic mass is 32.2. The molecule has 0 bridgehead atoms. The van der Waals surface area contributed by atoms with Gasteiger partial charge >= 0.3 is 5.97 Å². The summed E-state index contributed by atoms with van der Waals surface area (Å²) in [6, 6.07) is 12.6. The Bertz CT molecular complexity index is 950. The van der Waals surface area contributed by atoms with E-state index in [1.807, 2.05) is 20.8 Å². The van der Waals surface area contributed by atoms with Crippen LogP contribution in [0.4, 0.5) is 5.69 Å². The van der Waals surface area contributed by atoms with E-state index in [9.17, 15) is 18.0 Å². The first-order chi connectivity index (χ1) is 13.7. The Hall–Kier alpha value is -2.87. The van der Waals surface area contributed by atoms with Gasteiger partial charge in [0.15, 0.2) is 6.61 Å². The molecule has 0 saturated heterocycles. The van der Waals surface area contributed by atoms with Gasteiger partial charge in [0.1, 0.15) is 0 Å². The number of carbonyl (C=O) groups is 2. The molecule has 2 aromatic rings. The lowest BCUT2D eigenvalue weighted by Gasteiger charge is -2.20. The predicted molar refractivity (Wildman–Crippen MR) is 111 cm³/mol. The second-order valence-corrected chi connectivity index (χ2v) is 8.44. The number of hydrogen-bond acceptors (Lipinski definition) is 5. The van der Waals surface area contributed by atoms with Crippen molar-refractivity contribution in [3.8, 4) is 0 Å². The first kappa shape index (κ1) is 22.4. The summed E-state index contributed by atoms with van der Waals surface area (Å²) >= 11 is 0. The third-order valence-electron chi connectivity index (χ3n) is 4.59. The van der Waals surface area contributed by atoms with Crippen LogP contribution in [0.1, 0.15) is 29.8 Å². The largest absolute Gasteiger partial charge is 0.452 e. The van der Waals surface area contributed by atoms with Gasteiger partial charge in [0.25, 0.3) is 15.9 Å². The molecule has 0 aromatic heterocycles. The van der Waals surface area contributed by atoms with Crippen molar-refractivity contribution in [2.75, 3.05) is 31.0 Å².